The molecule has 2 aliphatic rings. The lowest BCUT2D eigenvalue weighted by atomic mass is 9.98. The van der Waals surface area contributed by atoms with Gasteiger partial charge in [-0.2, -0.15) is 0 Å². The second-order valence-electron chi connectivity index (χ2n) is 13.3. The lowest BCUT2D eigenvalue weighted by molar-refractivity contribution is -0.129. The Hall–Kier alpha value is -4.67. The number of H-pyrrole nitrogens is 1. The molecule has 2 amide bonds. The van der Waals surface area contributed by atoms with Crippen molar-refractivity contribution in [2.24, 2.45) is 5.92 Å². The molecule has 1 aliphatic carbocycles. The Morgan fingerprint density at radius 2 is 1.86 bits per heavy atom. The quantitative estimate of drug-likeness (QED) is 0.132. The summed E-state index contributed by atoms with van der Waals surface area (Å²) >= 11 is 1.79. The number of likely N-dealkylation sites (tertiary alicyclic amines) is 1. The normalized spacial score (nSPS) is 19.2. The molecule has 7 rings (SSSR count). The minimum Gasteiger partial charge on any atom is -0.453 e. The number of allylic oxidation sites excluding steroid dienone is 1. The SMILES string of the molecule is C=C(CN(CCC)C(=O)CNC(=O)OC)N/C(=C\C)c1ccc2c(c1)sc1cc(-c3ccc4nc([C@@H]5[C@H]6CC[C@H](C6)N5C)[nH]c4c3)ccc12. The van der Waals surface area contributed by atoms with Gasteiger partial charge in [0.05, 0.1) is 30.7 Å². The van der Waals surface area contributed by atoms with E-state index in [1.54, 1.807) is 16.2 Å². The molecule has 2 aromatic heterocycles. The molecule has 2 bridgehead atoms. The summed E-state index contributed by atoms with van der Waals surface area (Å²) in [6.45, 7) is 8.96. The zero-order valence-electron chi connectivity index (χ0n) is 28.6. The first kappa shape index (κ1) is 32.9. The minimum absolute atomic E-state index is 0.127. The van der Waals surface area contributed by atoms with Crippen LogP contribution in [0.5, 0.6) is 0 Å². The Kier molecular flexibility index (Phi) is 9.17. The number of hydrogen-bond acceptors (Lipinski definition) is 7. The van der Waals surface area contributed by atoms with Crippen LogP contribution in [0.25, 0.3) is 48.0 Å². The number of imidazole rings is 1. The lowest BCUT2D eigenvalue weighted by Gasteiger charge is -2.30. The number of methoxy groups -OCH3 is 1. The number of benzene rings is 3. The highest BCUT2D eigenvalue weighted by molar-refractivity contribution is 7.25. The number of ether oxygens (including phenoxy) is 1. The van der Waals surface area contributed by atoms with Crippen LogP contribution in [-0.2, 0) is 9.53 Å². The van der Waals surface area contributed by atoms with Gasteiger partial charge in [-0.3, -0.25) is 9.69 Å². The molecule has 3 heterocycles. The average Bonchev–Trinajstić information content (AvgIpc) is 3.90. The monoisotopic (exact) mass is 676 g/mol. The standard InChI is InChI=1S/C39H44N6O3S/c1-6-16-45(36(46)21-40-39(47)48-5)22-23(3)41-31(7-2)26-10-14-30-29-13-9-25(19-34(29)49-35(30)20-26)24-11-15-32-33(18-24)43-38(42-32)37-27-8-12-28(17-27)44(37)4/h7,9-11,13-15,18-20,27-28,37,41H,3,6,8,12,16-17,21-22H2,1-2,4-5H3,(H,40,47)(H,42,43)/b31-7-/t27-,28+,37-/m0/s1. The van der Waals surface area contributed by atoms with Crippen LogP contribution in [-0.4, -0.2) is 71.6 Å². The van der Waals surface area contributed by atoms with E-state index in [9.17, 15) is 9.59 Å². The number of rotatable bonds is 11. The van der Waals surface area contributed by atoms with Gasteiger partial charge in [-0.15, -0.1) is 11.3 Å². The predicted molar refractivity (Wildman–Crippen MR) is 199 cm³/mol. The van der Waals surface area contributed by atoms with Crippen molar-refractivity contribution in [3.8, 4) is 11.1 Å². The molecule has 254 valence electrons. The second-order valence-corrected chi connectivity index (χ2v) is 14.4. The molecule has 0 unspecified atom stereocenters. The number of piperidine rings is 1. The van der Waals surface area contributed by atoms with Crippen LogP contribution in [0, 0.1) is 5.92 Å². The molecule has 3 aromatic carbocycles. The number of aromatic nitrogens is 2. The number of hydrogen-bond donors (Lipinski definition) is 3. The highest BCUT2D eigenvalue weighted by Crippen LogP contribution is 2.48. The topological polar surface area (TPSA) is 103 Å². The van der Waals surface area contributed by atoms with Crippen molar-refractivity contribution in [3.05, 3.63) is 84.3 Å². The fourth-order valence-corrected chi connectivity index (χ4v) is 8.95. The van der Waals surface area contributed by atoms with Gasteiger partial charge in [0, 0.05) is 44.2 Å². The first-order valence-corrected chi connectivity index (χ1v) is 18.0. The fraction of sp³-hybridized carbons (Fsp3) is 0.359. The van der Waals surface area contributed by atoms with E-state index in [4.69, 9.17) is 4.98 Å². The summed E-state index contributed by atoms with van der Waals surface area (Å²) in [7, 11) is 3.53. The van der Waals surface area contributed by atoms with Crippen molar-refractivity contribution < 1.29 is 14.3 Å². The van der Waals surface area contributed by atoms with Crippen LogP contribution in [0.15, 0.2) is 72.9 Å². The first-order chi connectivity index (χ1) is 23.8. The van der Waals surface area contributed by atoms with E-state index in [1.807, 2.05) is 19.9 Å². The largest absolute Gasteiger partial charge is 0.453 e. The third kappa shape index (κ3) is 6.43. The molecule has 0 radical (unpaired) electrons. The van der Waals surface area contributed by atoms with Gasteiger partial charge in [0.25, 0.3) is 0 Å². The van der Waals surface area contributed by atoms with Gasteiger partial charge in [-0.05, 0) is 86.5 Å². The van der Waals surface area contributed by atoms with E-state index in [-0.39, 0.29) is 12.5 Å². The Morgan fingerprint density at radius 3 is 2.59 bits per heavy atom. The van der Waals surface area contributed by atoms with E-state index in [0.29, 0.717) is 36.8 Å². The minimum atomic E-state index is -0.631. The van der Waals surface area contributed by atoms with E-state index < -0.39 is 6.09 Å². The maximum Gasteiger partial charge on any atom is 0.407 e. The molecule has 2 fully saturated rings. The maximum atomic E-state index is 12.8. The molecule has 9 nitrogen and oxygen atoms in total. The maximum absolute atomic E-state index is 12.8. The molecule has 3 atom stereocenters. The van der Waals surface area contributed by atoms with Crippen molar-refractivity contribution in [1.82, 2.24) is 30.4 Å². The summed E-state index contributed by atoms with van der Waals surface area (Å²) < 4.78 is 7.04. The molecule has 1 saturated carbocycles. The van der Waals surface area contributed by atoms with Gasteiger partial charge < -0.3 is 25.3 Å². The number of carbonyl (C=O) groups excluding carboxylic acids is 2. The van der Waals surface area contributed by atoms with Crippen molar-refractivity contribution >= 4 is 60.2 Å². The molecule has 1 aliphatic heterocycles. The molecular weight excluding hydrogens is 633 g/mol. The molecule has 1 saturated heterocycles. The number of thiophene rings is 1. The highest BCUT2D eigenvalue weighted by Gasteiger charge is 2.45. The van der Waals surface area contributed by atoms with E-state index in [1.165, 1.54) is 57.7 Å². The third-order valence-electron chi connectivity index (χ3n) is 10.2. The Morgan fingerprint density at radius 1 is 1.10 bits per heavy atom. The first-order valence-electron chi connectivity index (χ1n) is 17.2. The Bertz CT molecular complexity index is 2090. The van der Waals surface area contributed by atoms with E-state index in [2.05, 4.69) is 93.5 Å². The van der Waals surface area contributed by atoms with Crippen LogP contribution in [0.2, 0.25) is 0 Å². The molecular formula is C39H44N6O3S. The fourth-order valence-electron chi connectivity index (χ4n) is 7.76. The van der Waals surface area contributed by atoms with Gasteiger partial charge in [-0.25, -0.2) is 9.78 Å². The summed E-state index contributed by atoms with van der Waals surface area (Å²) in [5.74, 6) is 1.62. The number of aromatic amines is 1. The van der Waals surface area contributed by atoms with Gasteiger partial charge in [0.1, 0.15) is 12.4 Å². The lowest BCUT2D eigenvalue weighted by Crippen LogP contribution is -2.42. The Balaban J connectivity index is 1.08. The van der Waals surface area contributed by atoms with Crippen molar-refractivity contribution in [1.29, 1.82) is 0 Å². The molecule has 5 aromatic rings. The van der Waals surface area contributed by atoms with Crippen LogP contribution >= 0.6 is 11.3 Å². The van der Waals surface area contributed by atoms with E-state index in [0.717, 1.165) is 34.5 Å². The summed E-state index contributed by atoms with van der Waals surface area (Å²) in [6, 6.07) is 21.0. The summed E-state index contributed by atoms with van der Waals surface area (Å²) in [5.41, 5.74) is 7.15. The summed E-state index contributed by atoms with van der Waals surface area (Å²) in [6.07, 6.45) is 6.09. The smallest absolute Gasteiger partial charge is 0.407 e. The number of alkyl carbamates (subject to hydrolysis) is 1. The molecule has 49 heavy (non-hydrogen) atoms. The van der Waals surface area contributed by atoms with Crippen LogP contribution in [0.1, 0.15) is 57.0 Å². The van der Waals surface area contributed by atoms with Gasteiger partial charge >= 0.3 is 6.09 Å². The average molecular weight is 677 g/mol. The van der Waals surface area contributed by atoms with Crippen LogP contribution < -0.4 is 10.6 Å². The number of carbonyl (C=O) groups is 2. The zero-order valence-corrected chi connectivity index (χ0v) is 29.5. The number of amides is 2. The summed E-state index contributed by atoms with van der Waals surface area (Å²) in [5, 5.41) is 8.37. The van der Waals surface area contributed by atoms with Gasteiger partial charge in [0.2, 0.25) is 5.91 Å². The van der Waals surface area contributed by atoms with Crippen LogP contribution in [0.3, 0.4) is 0 Å². The van der Waals surface area contributed by atoms with E-state index >= 15 is 0 Å². The van der Waals surface area contributed by atoms with Gasteiger partial charge in [-0.1, -0.05) is 49.9 Å². The van der Waals surface area contributed by atoms with Crippen molar-refractivity contribution in [3.63, 3.8) is 0 Å². The van der Waals surface area contributed by atoms with Crippen molar-refractivity contribution in [2.75, 3.05) is 33.8 Å². The molecule has 3 N–H and O–H groups in total. The predicted octanol–water partition coefficient (Wildman–Crippen LogP) is 7.81. The molecule has 10 heteroatoms. The number of fused-ring (bicyclic) bond motifs is 6. The van der Waals surface area contributed by atoms with Gasteiger partial charge in [0.15, 0.2) is 0 Å². The third-order valence-corrected chi connectivity index (χ3v) is 11.3. The highest BCUT2D eigenvalue weighted by atomic mass is 32.1. The second kappa shape index (κ2) is 13.7. The zero-order chi connectivity index (χ0) is 34.2. The number of nitrogens with one attached hydrogen (secondary N) is 3. The van der Waals surface area contributed by atoms with Crippen LogP contribution in [0.4, 0.5) is 4.79 Å². The van der Waals surface area contributed by atoms with Crippen molar-refractivity contribution in [2.45, 2.75) is 51.6 Å². The molecule has 0 spiro atoms. The Labute approximate surface area is 291 Å². The number of nitrogens with zero attached hydrogens (tertiary/aromatic N) is 3. The summed E-state index contributed by atoms with van der Waals surface area (Å²) in [4.78, 5) is 37.1.